The summed E-state index contributed by atoms with van der Waals surface area (Å²) in [5, 5.41) is 0. The fourth-order valence-corrected chi connectivity index (χ4v) is 0.983. The van der Waals surface area contributed by atoms with Crippen molar-refractivity contribution in [1.82, 2.24) is 4.98 Å². The number of hydrogen-bond donors (Lipinski definition) is 1. The number of aromatic nitrogens is 1. The lowest BCUT2D eigenvalue weighted by atomic mass is 10.4. The van der Waals surface area contributed by atoms with Gasteiger partial charge in [0.25, 0.3) is 0 Å². The molecule has 0 unspecified atom stereocenters. The minimum absolute atomic E-state index is 0.469. The summed E-state index contributed by atoms with van der Waals surface area (Å²) in [5.41, 5.74) is 5.49. The van der Waals surface area contributed by atoms with Crippen molar-refractivity contribution in [2.75, 3.05) is 25.6 Å². The molecule has 1 aromatic rings. The quantitative estimate of drug-likeness (QED) is 0.700. The summed E-state index contributed by atoms with van der Waals surface area (Å²) in [5.74, 6) is 1.20. The van der Waals surface area contributed by atoms with Crippen molar-refractivity contribution in [3.63, 3.8) is 0 Å². The molecule has 4 nitrogen and oxygen atoms in total. The first-order valence-electron chi connectivity index (χ1n) is 4.75. The molecule has 14 heavy (non-hydrogen) atoms. The van der Waals surface area contributed by atoms with Crippen LogP contribution in [0.5, 0.6) is 5.75 Å². The molecule has 1 aromatic heterocycles. The van der Waals surface area contributed by atoms with Crippen molar-refractivity contribution in [3.8, 4) is 5.75 Å². The molecule has 78 valence electrons. The van der Waals surface area contributed by atoms with Gasteiger partial charge in [-0.15, -0.1) is 0 Å². The Morgan fingerprint density at radius 1 is 1.36 bits per heavy atom. The van der Waals surface area contributed by atoms with Gasteiger partial charge in [0.1, 0.15) is 18.2 Å². The second kappa shape index (κ2) is 6.21. The molecule has 0 saturated carbocycles. The Balaban J connectivity index is 2.18. The summed E-state index contributed by atoms with van der Waals surface area (Å²) in [4.78, 5) is 3.86. The molecule has 0 spiro atoms. The van der Waals surface area contributed by atoms with Gasteiger partial charge in [-0.1, -0.05) is 6.92 Å². The second-order valence-electron chi connectivity index (χ2n) is 2.88. The van der Waals surface area contributed by atoms with Crippen LogP contribution < -0.4 is 10.5 Å². The zero-order chi connectivity index (χ0) is 10.2. The first kappa shape index (κ1) is 10.8. The van der Waals surface area contributed by atoms with Gasteiger partial charge in [-0.3, -0.25) is 0 Å². The highest BCUT2D eigenvalue weighted by atomic mass is 16.5. The van der Waals surface area contributed by atoms with Crippen LogP contribution in [0.2, 0.25) is 0 Å². The Kier molecular flexibility index (Phi) is 4.78. The number of anilines is 1. The van der Waals surface area contributed by atoms with Gasteiger partial charge >= 0.3 is 0 Å². The number of nitrogens with zero attached hydrogens (tertiary/aromatic N) is 1. The summed E-state index contributed by atoms with van der Waals surface area (Å²) in [6.07, 6.45) is 2.65. The molecule has 1 rings (SSSR count). The van der Waals surface area contributed by atoms with Crippen molar-refractivity contribution in [2.24, 2.45) is 0 Å². The SMILES string of the molecule is CCCOCCOc1ccnc(N)c1. The van der Waals surface area contributed by atoms with Crippen LogP contribution >= 0.6 is 0 Å². The minimum atomic E-state index is 0.469. The highest BCUT2D eigenvalue weighted by Crippen LogP contribution is 2.11. The van der Waals surface area contributed by atoms with Crippen molar-refractivity contribution in [3.05, 3.63) is 18.3 Å². The summed E-state index contributed by atoms with van der Waals surface area (Å²) in [6, 6.07) is 3.47. The average molecular weight is 196 g/mol. The lowest BCUT2D eigenvalue weighted by Gasteiger charge is -2.06. The second-order valence-corrected chi connectivity index (χ2v) is 2.88. The number of rotatable bonds is 6. The van der Waals surface area contributed by atoms with Crippen LogP contribution in [-0.2, 0) is 4.74 Å². The maximum atomic E-state index is 5.49. The molecule has 1 heterocycles. The van der Waals surface area contributed by atoms with E-state index in [1.807, 2.05) is 0 Å². The summed E-state index contributed by atoms with van der Waals surface area (Å²) in [6.45, 7) is 4.01. The van der Waals surface area contributed by atoms with Gasteiger partial charge in [0.05, 0.1) is 6.61 Å². The number of nitrogen functional groups attached to an aromatic ring is 1. The van der Waals surface area contributed by atoms with E-state index in [1.54, 1.807) is 18.3 Å². The molecule has 2 N–H and O–H groups in total. The van der Waals surface area contributed by atoms with Gasteiger partial charge in [0.15, 0.2) is 0 Å². The lowest BCUT2D eigenvalue weighted by Crippen LogP contribution is -2.07. The van der Waals surface area contributed by atoms with Gasteiger partial charge < -0.3 is 15.2 Å². The maximum Gasteiger partial charge on any atom is 0.126 e. The van der Waals surface area contributed by atoms with Crippen LogP contribution in [0.4, 0.5) is 5.82 Å². The van der Waals surface area contributed by atoms with Crippen LogP contribution in [0.15, 0.2) is 18.3 Å². The Hall–Kier alpha value is -1.29. The van der Waals surface area contributed by atoms with Crippen molar-refractivity contribution in [1.29, 1.82) is 0 Å². The largest absolute Gasteiger partial charge is 0.491 e. The Morgan fingerprint density at radius 2 is 2.21 bits per heavy atom. The average Bonchev–Trinajstić information content (AvgIpc) is 2.18. The molecule has 0 radical (unpaired) electrons. The van der Waals surface area contributed by atoms with Gasteiger partial charge in [0.2, 0.25) is 0 Å². The smallest absolute Gasteiger partial charge is 0.126 e. The van der Waals surface area contributed by atoms with E-state index >= 15 is 0 Å². The number of hydrogen-bond acceptors (Lipinski definition) is 4. The molecule has 0 aliphatic heterocycles. The molecule has 0 amide bonds. The predicted octanol–water partition coefficient (Wildman–Crippen LogP) is 1.47. The maximum absolute atomic E-state index is 5.49. The molecule has 0 saturated heterocycles. The molecular formula is C10H16N2O2. The monoisotopic (exact) mass is 196 g/mol. The first-order chi connectivity index (χ1) is 6.83. The third-order valence-corrected chi connectivity index (χ3v) is 1.60. The first-order valence-corrected chi connectivity index (χ1v) is 4.75. The molecule has 0 aromatic carbocycles. The van der Waals surface area contributed by atoms with Gasteiger partial charge in [-0.05, 0) is 12.5 Å². The van der Waals surface area contributed by atoms with Gasteiger partial charge in [-0.2, -0.15) is 0 Å². The molecule has 0 atom stereocenters. The van der Waals surface area contributed by atoms with E-state index < -0.39 is 0 Å². The fourth-order valence-electron chi connectivity index (χ4n) is 0.983. The summed E-state index contributed by atoms with van der Waals surface area (Å²) >= 11 is 0. The van der Waals surface area contributed by atoms with Gasteiger partial charge in [-0.25, -0.2) is 4.98 Å². The number of pyridine rings is 1. The Morgan fingerprint density at radius 3 is 2.93 bits per heavy atom. The Bertz CT molecular complexity index is 266. The minimum Gasteiger partial charge on any atom is -0.491 e. The topological polar surface area (TPSA) is 57.4 Å². The highest BCUT2D eigenvalue weighted by molar-refractivity contribution is 5.35. The van der Waals surface area contributed by atoms with E-state index in [0.717, 1.165) is 18.8 Å². The molecule has 0 aliphatic rings. The van der Waals surface area contributed by atoms with Crippen molar-refractivity contribution in [2.45, 2.75) is 13.3 Å². The zero-order valence-corrected chi connectivity index (χ0v) is 8.40. The van der Waals surface area contributed by atoms with E-state index in [1.165, 1.54) is 0 Å². The van der Waals surface area contributed by atoms with E-state index in [9.17, 15) is 0 Å². The number of nitrogens with two attached hydrogens (primary N) is 1. The molecule has 4 heteroatoms. The van der Waals surface area contributed by atoms with Crippen LogP contribution in [0.3, 0.4) is 0 Å². The normalized spacial score (nSPS) is 10.1. The molecule has 0 bridgehead atoms. The summed E-state index contributed by atoms with van der Waals surface area (Å²) in [7, 11) is 0. The fraction of sp³-hybridized carbons (Fsp3) is 0.500. The van der Waals surface area contributed by atoms with E-state index in [-0.39, 0.29) is 0 Å². The zero-order valence-electron chi connectivity index (χ0n) is 8.40. The van der Waals surface area contributed by atoms with Crippen LogP contribution in [0, 0.1) is 0 Å². The highest BCUT2D eigenvalue weighted by Gasteiger charge is 1.94. The van der Waals surface area contributed by atoms with Crippen molar-refractivity contribution >= 4 is 5.82 Å². The predicted molar refractivity (Wildman–Crippen MR) is 55.3 cm³/mol. The Labute approximate surface area is 84.0 Å². The van der Waals surface area contributed by atoms with E-state index in [4.69, 9.17) is 15.2 Å². The molecule has 0 aliphatic carbocycles. The lowest BCUT2D eigenvalue weighted by molar-refractivity contribution is 0.101. The van der Waals surface area contributed by atoms with Crippen LogP contribution in [0.25, 0.3) is 0 Å². The molecular weight excluding hydrogens is 180 g/mol. The van der Waals surface area contributed by atoms with Crippen molar-refractivity contribution < 1.29 is 9.47 Å². The van der Waals surface area contributed by atoms with E-state index in [2.05, 4.69) is 11.9 Å². The van der Waals surface area contributed by atoms with E-state index in [0.29, 0.717) is 19.0 Å². The third kappa shape index (κ3) is 4.09. The van der Waals surface area contributed by atoms with Gasteiger partial charge in [0, 0.05) is 18.9 Å². The number of ether oxygens (including phenoxy) is 2. The van der Waals surface area contributed by atoms with Crippen LogP contribution in [0.1, 0.15) is 13.3 Å². The van der Waals surface area contributed by atoms with Crippen LogP contribution in [-0.4, -0.2) is 24.8 Å². The third-order valence-electron chi connectivity index (χ3n) is 1.60. The molecule has 0 fully saturated rings. The summed E-state index contributed by atoms with van der Waals surface area (Å²) < 4.78 is 10.7. The standard InChI is InChI=1S/C10H16N2O2/c1-2-5-13-6-7-14-9-3-4-12-10(11)8-9/h3-4,8H,2,5-7H2,1H3,(H2,11,12).